The highest BCUT2D eigenvalue weighted by molar-refractivity contribution is 5.72. The van der Waals surface area contributed by atoms with Crippen molar-refractivity contribution in [3.63, 3.8) is 0 Å². The van der Waals surface area contributed by atoms with E-state index in [-0.39, 0.29) is 17.3 Å². The molecule has 0 spiro atoms. The second kappa shape index (κ2) is 14.0. The largest absolute Gasteiger partial charge is 0.463 e. The molecule has 12 nitrogen and oxygen atoms in total. The Morgan fingerprint density at radius 2 is 1.76 bits per heavy atom. The van der Waals surface area contributed by atoms with Crippen LogP contribution in [0.1, 0.15) is 55.9 Å². The Labute approximate surface area is 264 Å². The van der Waals surface area contributed by atoms with Gasteiger partial charge in [-0.05, 0) is 87.4 Å². The third kappa shape index (κ3) is 7.48. The Hall–Kier alpha value is -3.66. The number of pyridine rings is 3. The summed E-state index contributed by atoms with van der Waals surface area (Å²) in [4.78, 5) is 25.9. The number of esters is 1. The zero-order valence-electron chi connectivity index (χ0n) is 25.3. The van der Waals surface area contributed by atoms with Crippen LogP contribution in [0.25, 0.3) is 11.3 Å². The Balaban J connectivity index is 1.18. The standard InChI is InChI=1S/C32H38F2N4O8/c1-16-11-21(37-25(12-16)38-24-13-18(29(33)34)9-10-35-24)19-5-8-23(36-14-19)32(2,44)20-6-3-17(4-7-20)30(42)45-15-22-26(39)27(40)28(41)31(43)46-22/h5,8-14,17,20,22,26-29,31,39-41,43-44H,3-4,6-7,15H2,1-2H3,(H,35,37,38)/t17?,20?,22-,26-,27+,28-,31?,32-/m1/s1. The van der Waals surface area contributed by atoms with Gasteiger partial charge < -0.3 is 40.3 Å². The summed E-state index contributed by atoms with van der Waals surface area (Å²) in [5, 5.41) is 53.7. The van der Waals surface area contributed by atoms with E-state index in [1.165, 1.54) is 18.3 Å². The van der Waals surface area contributed by atoms with Crippen LogP contribution < -0.4 is 5.32 Å². The molecule has 1 saturated carbocycles. The molecule has 0 radical (unpaired) electrons. The van der Waals surface area contributed by atoms with Crippen molar-refractivity contribution in [1.82, 2.24) is 15.0 Å². The third-order valence-corrected chi connectivity index (χ3v) is 8.77. The SMILES string of the molecule is Cc1cc(Nc2cc(C(F)F)ccn2)nc(-c2ccc([C@](C)(O)C3CCC(C(=O)OC[C@H]4OC(O)[C@H](O)[C@@H](O)[C@@H]4O)CC3)nc2)c1. The Morgan fingerprint density at radius 3 is 2.43 bits per heavy atom. The zero-order valence-corrected chi connectivity index (χ0v) is 25.3. The van der Waals surface area contributed by atoms with Crippen LogP contribution in [0, 0.1) is 18.8 Å². The summed E-state index contributed by atoms with van der Waals surface area (Å²) in [6.45, 7) is 3.18. The number of aromatic nitrogens is 3. The monoisotopic (exact) mass is 644 g/mol. The van der Waals surface area contributed by atoms with Gasteiger partial charge in [-0.1, -0.05) is 0 Å². The number of anilines is 2. The topological polar surface area (TPSA) is 187 Å². The van der Waals surface area contributed by atoms with E-state index in [1.54, 1.807) is 31.3 Å². The van der Waals surface area contributed by atoms with Gasteiger partial charge in [0.2, 0.25) is 0 Å². The van der Waals surface area contributed by atoms with E-state index in [9.17, 15) is 39.1 Å². The molecule has 248 valence electrons. The van der Waals surface area contributed by atoms with Gasteiger partial charge >= 0.3 is 5.97 Å². The number of aliphatic hydroxyl groups excluding tert-OH is 4. The molecule has 1 aliphatic heterocycles. The summed E-state index contributed by atoms with van der Waals surface area (Å²) >= 11 is 0. The number of alkyl halides is 2. The van der Waals surface area contributed by atoms with Crippen molar-refractivity contribution >= 4 is 17.6 Å². The number of hydrogen-bond acceptors (Lipinski definition) is 12. The lowest BCUT2D eigenvalue weighted by molar-refractivity contribution is -0.287. The number of carbonyl (C=O) groups excluding carboxylic acids is 1. The van der Waals surface area contributed by atoms with Crippen molar-refractivity contribution in [2.24, 2.45) is 11.8 Å². The first kappa shape index (κ1) is 33.7. The first-order chi connectivity index (χ1) is 21.8. The predicted molar refractivity (Wildman–Crippen MR) is 160 cm³/mol. The lowest BCUT2D eigenvalue weighted by Gasteiger charge is -2.38. The maximum absolute atomic E-state index is 13.1. The van der Waals surface area contributed by atoms with E-state index < -0.39 is 61.2 Å². The number of aryl methyl sites for hydroxylation is 1. The summed E-state index contributed by atoms with van der Waals surface area (Å²) in [7, 11) is 0. The smallest absolute Gasteiger partial charge is 0.309 e. The summed E-state index contributed by atoms with van der Waals surface area (Å²) in [6.07, 6.45) is -5.50. The summed E-state index contributed by atoms with van der Waals surface area (Å²) in [6, 6.07) is 9.68. The molecule has 2 aliphatic rings. The first-order valence-electron chi connectivity index (χ1n) is 15.1. The molecule has 1 unspecified atom stereocenters. The Kier molecular flexibility index (Phi) is 10.2. The predicted octanol–water partition coefficient (Wildman–Crippen LogP) is 2.89. The van der Waals surface area contributed by atoms with Crippen LogP contribution in [0.15, 0.2) is 48.8 Å². The molecule has 1 aliphatic carbocycles. The van der Waals surface area contributed by atoms with Crippen molar-refractivity contribution in [3.05, 3.63) is 65.6 Å². The summed E-state index contributed by atoms with van der Waals surface area (Å²) in [5.41, 5.74) is 1.19. The molecule has 4 heterocycles. The maximum atomic E-state index is 13.1. The molecule has 0 amide bonds. The minimum Gasteiger partial charge on any atom is -0.463 e. The van der Waals surface area contributed by atoms with Crippen molar-refractivity contribution < 1.29 is 48.6 Å². The molecular weight excluding hydrogens is 606 g/mol. The fourth-order valence-electron chi connectivity index (χ4n) is 5.96. The molecule has 0 aromatic carbocycles. The number of hydrogen-bond donors (Lipinski definition) is 6. The molecule has 3 aromatic heterocycles. The van der Waals surface area contributed by atoms with Crippen molar-refractivity contribution in [3.8, 4) is 11.3 Å². The minimum atomic E-state index is -2.62. The van der Waals surface area contributed by atoms with E-state index in [2.05, 4.69) is 20.3 Å². The quantitative estimate of drug-likeness (QED) is 0.187. The van der Waals surface area contributed by atoms with Crippen molar-refractivity contribution in [1.29, 1.82) is 0 Å². The van der Waals surface area contributed by atoms with Crippen LogP contribution in [0.2, 0.25) is 0 Å². The van der Waals surface area contributed by atoms with Gasteiger partial charge in [0.1, 0.15) is 48.3 Å². The molecule has 1 saturated heterocycles. The Bertz CT molecular complexity index is 1500. The highest BCUT2D eigenvalue weighted by atomic mass is 19.3. The molecule has 6 N–H and O–H groups in total. The van der Waals surface area contributed by atoms with Crippen molar-refractivity contribution in [2.45, 2.75) is 82.3 Å². The van der Waals surface area contributed by atoms with E-state index in [1.807, 2.05) is 13.0 Å². The first-order valence-corrected chi connectivity index (χ1v) is 15.1. The van der Waals surface area contributed by atoms with E-state index in [4.69, 9.17) is 9.47 Å². The van der Waals surface area contributed by atoms with Crippen LogP contribution in [-0.4, -0.2) is 83.8 Å². The number of ether oxygens (including phenoxy) is 2. The van der Waals surface area contributed by atoms with Gasteiger partial charge in [0, 0.05) is 23.5 Å². The van der Waals surface area contributed by atoms with Gasteiger partial charge in [-0.2, -0.15) is 0 Å². The van der Waals surface area contributed by atoms with Gasteiger partial charge in [-0.25, -0.2) is 18.7 Å². The van der Waals surface area contributed by atoms with Gasteiger partial charge in [0.25, 0.3) is 6.43 Å². The maximum Gasteiger partial charge on any atom is 0.309 e. The number of aliphatic hydroxyl groups is 5. The minimum absolute atomic E-state index is 0.151. The van der Waals surface area contributed by atoms with Crippen LogP contribution in [0.3, 0.4) is 0 Å². The average Bonchev–Trinajstić information content (AvgIpc) is 3.04. The molecule has 6 atom stereocenters. The molecular formula is C32H38F2N4O8. The number of nitrogens with one attached hydrogen (secondary N) is 1. The number of halogens is 2. The molecule has 3 aromatic rings. The number of rotatable bonds is 9. The number of carbonyl (C=O) groups is 1. The summed E-state index contributed by atoms with van der Waals surface area (Å²) < 4.78 is 36.6. The zero-order chi connectivity index (χ0) is 33.2. The van der Waals surface area contributed by atoms with E-state index >= 15 is 0 Å². The van der Waals surface area contributed by atoms with Crippen LogP contribution >= 0.6 is 0 Å². The van der Waals surface area contributed by atoms with Crippen LogP contribution in [0.5, 0.6) is 0 Å². The van der Waals surface area contributed by atoms with Gasteiger partial charge in [0.15, 0.2) is 6.29 Å². The van der Waals surface area contributed by atoms with Crippen molar-refractivity contribution in [2.75, 3.05) is 11.9 Å². The van der Waals surface area contributed by atoms with E-state index in [0.29, 0.717) is 48.5 Å². The lowest BCUT2D eigenvalue weighted by atomic mass is 9.73. The molecule has 0 bridgehead atoms. The molecule has 2 fully saturated rings. The highest BCUT2D eigenvalue weighted by Crippen LogP contribution is 2.41. The fourth-order valence-corrected chi connectivity index (χ4v) is 5.96. The normalized spacial score (nSPS) is 28.0. The van der Waals surface area contributed by atoms with Crippen LogP contribution in [0.4, 0.5) is 20.4 Å². The third-order valence-electron chi connectivity index (χ3n) is 8.77. The van der Waals surface area contributed by atoms with Gasteiger partial charge in [0.05, 0.1) is 17.3 Å². The lowest BCUT2D eigenvalue weighted by Crippen LogP contribution is -2.58. The van der Waals surface area contributed by atoms with Crippen LogP contribution in [-0.2, 0) is 19.9 Å². The molecule has 5 rings (SSSR count). The second-order valence-electron chi connectivity index (χ2n) is 12.1. The highest BCUT2D eigenvalue weighted by Gasteiger charge is 2.44. The molecule has 14 heteroatoms. The summed E-state index contributed by atoms with van der Waals surface area (Å²) in [5.74, 6) is -0.464. The fraction of sp³-hybridized carbons (Fsp3) is 0.500. The number of nitrogens with zero attached hydrogens (tertiary/aromatic N) is 3. The molecule has 46 heavy (non-hydrogen) atoms. The Morgan fingerprint density at radius 1 is 1.02 bits per heavy atom. The average molecular weight is 645 g/mol. The van der Waals surface area contributed by atoms with E-state index in [0.717, 1.165) is 5.56 Å². The second-order valence-corrected chi connectivity index (χ2v) is 12.1. The van der Waals surface area contributed by atoms with Gasteiger partial charge in [-0.15, -0.1) is 0 Å². The van der Waals surface area contributed by atoms with Gasteiger partial charge in [-0.3, -0.25) is 9.78 Å².